The molecule has 0 amide bonds. The molecular weight excluding hydrogens is 556 g/mol. The molecule has 46 heavy (non-hydrogen) atoms. The van der Waals surface area contributed by atoms with Crippen molar-refractivity contribution in [2.45, 2.75) is 25.7 Å². The van der Waals surface area contributed by atoms with Gasteiger partial charge in [-0.15, -0.1) is 0 Å². The van der Waals surface area contributed by atoms with Crippen molar-refractivity contribution in [3.05, 3.63) is 166 Å². The smallest absolute Gasteiger partial charge is 0.0675 e. The predicted molar refractivity (Wildman–Crippen MR) is 193 cm³/mol. The topological polar surface area (TPSA) is 24.7 Å². The molecule has 0 radical (unpaired) electrons. The molecule has 2 nitrogen and oxygen atoms in total. The van der Waals surface area contributed by atoms with Crippen molar-refractivity contribution in [1.82, 2.24) is 0 Å². The minimum atomic E-state index is 0.887. The number of fused-ring (bicyclic) bond motifs is 5. The van der Waals surface area contributed by atoms with Crippen molar-refractivity contribution in [3.8, 4) is 22.3 Å². The maximum absolute atomic E-state index is 5.18. The average Bonchev–Trinajstić information content (AvgIpc) is 3.90. The molecule has 10 rings (SSSR count). The second-order valence-corrected chi connectivity index (χ2v) is 13.0. The Morgan fingerprint density at radius 2 is 0.826 bits per heavy atom. The zero-order valence-corrected chi connectivity index (χ0v) is 25.4. The van der Waals surface area contributed by atoms with Crippen molar-refractivity contribution in [2.24, 2.45) is 9.98 Å². The summed E-state index contributed by atoms with van der Waals surface area (Å²) in [6.45, 7) is 0. The molecule has 0 spiro atoms. The van der Waals surface area contributed by atoms with Crippen molar-refractivity contribution in [3.63, 3.8) is 0 Å². The molecule has 6 aromatic rings. The Hall–Kier alpha value is -5.60. The van der Waals surface area contributed by atoms with Crippen molar-refractivity contribution in [1.29, 1.82) is 0 Å². The second kappa shape index (κ2) is 9.95. The van der Waals surface area contributed by atoms with Crippen LogP contribution in [0.15, 0.2) is 142 Å². The van der Waals surface area contributed by atoms with Gasteiger partial charge >= 0.3 is 0 Å². The monoisotopic (exact) mass is 586 g/mol. The first-order valence-corrected chi connectivity index (χ1v) is 16.2. The Morgan fingerprint density at radius 1 is 0.370 bits per heavy atom. The van der Waals surface area contributed by atoms with Crippen LogP contribution in [-0.2, 0) is 25.7 Å². The molecule has 0 N–H and O–H groups in total. The van der Waals surface area contributed by atoms with Gasteiger partial charge in [-0.3, -0.25) is 9.98 Å². The number of benzene rings is 6. The van der Waals surface area contributed by atoms with E-state index in [0.717, 1.165) is 37.1 Å². The molecule has 2 heteroatoms. The lowest BCUT2D eigenvalue weighted by atomic mass is 9.97. The summed E-state index contributed by atoms with van der Waals surface area (Å²) >= 11 is 0. The standard InChI is InChI=1S/C44H30N2/c1-3-7-27(8-4-1)29-11-13-31-17-37(19-33(31)15-29)43-25-39-21-35-24-42-40(22-36(35)23-41(39)45-43)26-44(46-42)38-18-32-14-12-30(16-34(32)20-38)28-9-5-2-6-10-28/h1-18,21-24H,19-20,25-26H2. The largest absolute Gasteiger partial charge is 0.252 e. The van der Waals surface area contributed by atoms with E-state index in [9.17, 15) is 0 Å². The highest BCUT2D eigenvalue weighted by Crippen LogP contribution is 2.41. The molecule has 2 aliphatic heterocycles. The Kier molecular flexibility index (Phi) is 5.56. The highest BCUT2D eigenvalue weighted by atomic mass is 14.8. The van der Waals surface area contributed by atoms with E-state index in [-0.39, 0.29) is 0 Å². The van der Waals surface area contributed by atoms with Gasteiger partial charge in [0.2, 0.25) is 0 Å². The molecule has 0 saturated heterocycles. The Labute approximate surface area is 268 Å². The summed E-state index contributed by atoms with van der Waals surface area (Å²) in [5.41, 5.74) is 20.5. The fourth-order valence-corrected chi connectivity index (χ4v) is 7.69. The minimum Gasteiger partial charge on any atom is -0.252 e. The van der Waals surface area contributed by atoms with Crippen LogP contribution in [0.5, 0.6) is 0 Å². The first-order chi connectivity index (χ1) is 22.7. The number of rotatable bonds is 4. The van der Waals surface area contributed by atoms with Crippen LogP contribution in [0.2, 0.25) is 0 Å². The van der Waals surface area contributed by atoms with E-state index >= 15 is 0 Å². The molecule has 0 aromatic heterocycles. The van der Waals surface area contributed by atoms with E-state index in [1.54, 1.807) is 0 Å². The normalized spacial score (nSPS) is 15.6. The van der Waals surface area contributed by atoms with Gasteiger partial charge in [0, 0.05) is 24.3 Å². The van der Waals surface area contributed by atoms with Gasteiger partial charge in [-0.2, -0.15) is 0 Å². The molecule has 0 saturated carbocycles. The second-order valence-electron chi connectivity index (χ2n) is 13.0. The number of allylic oxidation sites excluding steroid dienone is 2. The summed E-state index contributed by atoms with van der Waals surface area (Å²) in [6, 6.07) is 44.3. The Morgan fingerprint density at radius 3 is 1.28 bits per heavy atom. The maximum Gasteiger partial charge on any atom is 0.0675 e. The summed E-state index contributed by atoms with van der Waals surface area (Å²) in [6.07, 6.45) is 8.36. The lowest BCUT2D eigenvalue weighted by Gasteiger charge is -2.06. The van der Waals surface area contributed by atoms with E-state index in [1.807, 2.05) is 0 Å². The molecule has 2 heterocycles. The molecule has 6 aromatic carbocycles. The molecule has 0 atom stereocenters. The summed E-state index contributed by atoms with van der Waals surface area (Å²) in [7, 11) is 0. The van der Waals surface area contributed by atoms with Crippen LogP contribution in [0.1, 0.15) is 33.4 Å². The number of hydrogen-bond acceptors (Lipinski definition) is 2. The number of hydrogen-bond donors (Lipinski definition) is 0. The van der Waals surface area contributed by atoms with Gasteiger partial charge in [-0.05, 0) is 127 Å². The van der Waals surface area contributed by atoms with Crippen LogP contribution >= 0.6 is 0 Å². The third-order valence-corrected chi connectivity index (χ3v) is 10.1. The van der Waals surface area contributed by atoms with Gasteiger partial charge < -0.3 is 0 Å². The van der Waals surface area contributed by atoms with Gasteiger partial charge in [0.15, 0.2) is 0 Å². The van der Waals surface area contributed by atoms with Crippen molar-refractivity contribution in [2.75, 3.05) is 0 Å². The first-order valence-electron chi connectivity index (χ1n) is 16.2. The third-order valence-electron chi connectivity index (χ3n) is 10.1. The molecule has 216 valence electrons. The zero-order valence-electron chi connectivity index (χ0n) is 25.4. The summed E-state index contributed by atoms with van der Waals surface area (Å²) in [4.78, 5) is 10.4. The van der Waals surface area contributed by atoms with Crippen molar-refractivity contribution < 1.29 is 0 Å². The molecular formula is C44H30N2. The summed E-state index contributed by atoms with van der Waals surface area (Å²) in [5.74, 6) is 0. The van der Waals surface area contributed by atoms with Gasteiger partial charge in [-0.1, -0.05) is 97.1 Å². The molecule has 0 bridgehead atoms. The lowest BCUT2D eigenvalue weighted by molar-refractivity contribution is 1.24. The van der Waals surface area contributed by atoms with E-state index in [1.165, 1.54) is 89.0 Å². The van der Waals surface area contributed by atoms with Crippen LogP contribution in [0, 0.1) is 0 Å². The number of aliphatic imine (C=N–C) groups is 2. The van der Waals surface area contributed by atoms with E-state index < -0.39 is 0 Å². The predicted octanol–water partition coefficient (Wildman–Crippen LogP) is 10.7. The lowest BCUT2D eigenvalue weighted by Crippen LogP contribution is -2.02. The average molecular weight is 587 g/mol. The van der Waals surface area contributed by atoms with Crippen LogP contribution in [-0.4, -0.2) is 11.4 Å². The van der Waals surface area contributed by atoms with Crippen LogP contribution in [0.3, 0.4) is 0 Å². The van der Waals surface area contributed by atoms with Gasteiger partial charge in [0.25, 0.3) is 0 Å². The fraction of sp³-hybridized carbons (Fsp3) is 0.0909. The first kappa shape index (κ1) is 25.7. The van der Waals surface area contributed by atoms with E-state index in [4.69, 9.17) is 9.98 Å². The third kappa shape index (κ3) is 4.25. The number of nitrogens with zero attached hydrogens (tertiary/aromatic N) is 2. The minimum absolute atomic E-state index is 0.887. The van der Waals surface area contributed by atoms with Crippen LogP contribution < -0.4 is 0 Å². The van der Waals surface area contributed by atoms with E-state index in [0.29, 0.717) is 0 Å². The molecule has 0 fully saturated rings. The molecule has 4 aliphatic rings. The fourth-order valence-electron chi connectivity index (χ4n) is 7.69. The highest BCUT2D eigenvalue weighted by molar-refractivity contribution is 6.13. The SMILES string of the molecule is C1=C(C2=Nc3cc4cc5c(cc4cc3C2)N=C(C2=Cc3ccc(-c4ccccc4)cc3C2)C5)Cc2cc(-c3ccccc3)ccc21. The summed E-state index contributed by atoms with van der Waals surface area (Å²) < 4.78 is 0. The van der Waals surface area contributed by atoms with E-state index in [2.05, 4.69) is 133 Å². The molecule has 2 aliphatic carbocycles. The van der Waals surface area contributed by atoms with Gasteiger partial charge in [-0.25, -0.2) is 0 Å². The maximum atomic E-state index is 5.18. The Bertz CT molecular complexity index is 2220. The van der Waals surface area contributed by atoms with Crippen molar-refractivity contribution >= 4 is 45.7 Å². The van der Waals surface area contributed by atoms with Gasteiger partial charge in [0.05, 0.1) is 11.4 Å². The molecule has 0 unspecified atom stereocenters. The highest BCUT2D eigenvalue weighted by Gasteiger charge is 2.26. The van der Waals surface area contributed by atoms with Crippen LogP contribution in [0.4, 0.5) is 11.4 Å². The Balaban J connectivity index is 0.882. The quantitative estimate of drug-likeness (QED) is 0.196. The summed E-state index contributed by atoms with van der Waals surface area (Å²) in [5, 5.41) is 2.51. The van der Waals surface area contributed by atoms with Gasteiger partial charge in [0.1, 0.15) is 0 Å². The zero-order chi connectivity index (χ0) is 30.2. The van der Waals surface area contributed by atoms with Crippen LogP contribution in [0.25, 0.3) is 45.2 Å².